The molecule has 3 amide bonds. The smallest absolute Gasteiger partial charge is 0.351 e. The zero-order valence-electron chi connectivity index (χ0n) is 19.2. The normalized spacial score (nSPS) is 23.3. The average Bonchev–Trinajstić information content (AvgIpc) is 2.79. The van der Waals surface area contributed by atoms with E-state index in [0.717, 1.165) is 48.4 Å². The third-order valence-corrected chi connectivity index (χ3v) is 6.66. The Balaban J connectivity index is 1.16. The van der Waals surface area contributed by atoms with E-state index in [1.54, 1.807) is 4.90 Å². The van der Waals surface area contributed by atoms with Crippen molar-refractivity contribution in [3.8, 4) is 0 Å². The molecule has 2 aromatic heterocycles. The number of aromatic nitrogens is 3. The molecule has 0 aromatic carbocycles. The van der Waals surface area contributed by atoms with Crippen molar-refractivity contribution in [3.05, 3.63) is 29.7 Å². The van der Waals surface area contributed by atoms with Crippen molar-refractivity contribution in [1.29, 1.82) is 0 Å². The SMILES string of the molecule is C[C@H]1C(=O)N2CCCc3nc(N[C@H]4C[C@@H](NC(=O)Nc5ccc(C(F)(F)F)nc5)C4)nc(c32)N1C. The van der Waals surface area contributed by atoms with Gasteiger partial charge in [0.25, 0.3) is 0 Å². The van der Waals surface area contributed by atoms with Gasteiger partial charge in [0.15, 0.2) is 5.82 Å². The molecule has 186 valence electrons. The lowest BCUT2D eigenvalue weighted by molar-refractivity contribution is -0.141. The first-order valence-corrected chi connectivity index (χ1v) is 11.4. The maximum atomic E-state index is 12.7. The Hall–Kier alpha value is -3.64. The Kier molecular flexibility index (Phi) is 5.64. The van der Waals surface area contributed by atoms with E-state index >= 15 is 0 Å². The lowest BCUT2D eigenvalue weighted by Crippen LogP contribution is -2.53. The number of likely N-dealkylation sites (N-methyl/N-ethyl adjacent to an activating group) is 1. The van der Waals surface area contributed by atoms with E-state index in [4.69, 9.17) is 0 Å². The van der Waals surface area contributed by atoms with Gasteiger partial charge in [-0.2, -0.15) is 18.2 Å². The number of nitrogens with zero attached hydrogens (tertiary/aromatic N) is 5. The molecule has 13 heteroatoms. The van der Waals surface area contributed by atoms with Gasteiger partial charge in [-0.25, -0.2) is 14.8 Å². The first-order chi connectivity index (χ1) is 16.6. The molecule has 10 nitrogen and oxygen atoms in total. The zero-order valence-corrected chi connectivity index (χ0v) is 19.2. The summed E-state index contributed by atoms with van der Waals surface area (Å²) in [5.74, 6) is 1.30. The Morgan fingerprint density at radius 1 is 1.17 bits per heavy atom. The summed E-state index contributed by atoms with van der Waals surface area (Å²) in [6.07, 6.45) is -0.640. The highest BCUT2D eigenvalue weighted by Gasteiger charge is 2.39. The minimum Gasteiger partial charge on any atom is -0.351 e. The second-order valence-electron chi connectivity index (χ2n) is 9.08. The van der Waals surface area contributed by atoms with Crippen LogP contribution in [0.1, 0.15) is 37.6 Å². The van der Waals surface area contributed by atoms with Gasteiger partial charge < -0.3 is 25.8 Å². The van der Waals surface area contributed by atoms with Gasteiger partial charge in [-0.3, -0.25) is 4.79 Å². The summed E-state index contributed by atoms with van der Waals surface area (Å²) in [4.78, 5) is 41.2. The predicted molar refractivity (Wildman–Crippen MR) is 122 cm³/mol. The Morgan fingerprint density at radius 3 is 2.63 bits per heavy atom. The van der Waals surface area contributed by atoms with Crippen LogP contribution in [0.25, 0.3) is 0 Å². The summed E-state index contributed by atoms with van der Waals surface area (Å²) >= 11 is 0. The number of carbonyl (C=O) groups is 2. The van der Waals surface area contributed by atoms with Gasteiger partial charge in [0.1, 0.15) is 17.4 Å². The Labute approximate surface area is 199 Å². The van der Waals surface area contributed by atoms with Crippen molar-refractivity contribution in [1.82, 2.24) is 20.3 Å². The number of anilines is 4. The van der Waals surface area contributed by atoms with Crippen molar-refractivity contribution in [2.45, 2.75) is 56.9 Å². The number of carbonyl (C=O) groups excluding carboxylic acids is 2. The van der Waals surface area contributed by atoms with Crippen LogP contribution in [0.5, 0.6) is 0 Å². The van der Waals surface area contributed by atoms with Gasteiger partial charge in [0, 0.05) is 25.7 Å². The van der Waals surface area contributed by atoms with Crippen LogP contribution in [0.4, 0.5) is 41.1 Å². The zero-order chi connectivity index (χ0) is 24.9. The molecule has 1 fully saturated rings. The van der Waals surface area contributed by atoms with Crippen molar-refractivity contribution >= 4 is 35.1 Å². The van der Waals surface area contributed by atoms with Crippen LogP contribution in [0, 0.1) is 0 Å². The molecule has 5 rings (SSSR count). The number of hydrogen-bond acceptors (Lipinski definition) is 7. The van der Waals surface area contributed by atoms with Gasteiger partial charge in [0.05, 0.1) is 17.6 Å². The number of hydrogen-bond donors (Lipinski definition) is 3. The van der Waals surface area contributed by atoms with Crippen molar-refractivity contribution in [2.24, 2.45) is 0 Å². The molecular formula is C22H25F3N8O2. The van der Waals surface area contributed by atoms with Crippen LogP contribution in [0.15, 0.2) is 18.3 Å². The highest BCUT2D eigenvalue weighted by Crippen LogP contribution is 2.40. The summed E-state index contributed by atoms with van der Waals surface area (Å²) < 4.78 is 37.8. The second-order valence-corrected chi connectivity index (χ2v) is 9.08. The maximum absolute atomic E-state index is 12.7. The molecule has 3 aliphatic rings. The molecule has 1 aliphatic carbocycles. The predicted octanol–water partition coefficient (Wildman–Crippen LogP) is 2.77. The standard InChI is InChI=1S/C22H25F3N8O2/c1-11-19(34)33-7-3-4-15-17(33)18(32(11)2)31-20(30-15)27-13-8-14(9-13)29-21(35)28-12-5-6-16(26-10-12)22(23,24)25/h5-6,10-11,13-14H,3-4,7-9H2,1-2H3,(H,27,30,31)(H2,28,29,35)/t11-,13-,14+/m0/s1. The van der Waals surface area contributed by atoms with Gasteiger partial charge in [0.2, 0.25) is 11.9 Å². The van der Waals surface area contributed by atoms with Crippen molar-refractivity contribution in [3.63, 3.8) is 0 Å². The molecule has 1 saturated carbocycles. The third-order valence-electron chi connectivity index (χ3n) is 6.66. The number of urea groups is 1. The van der Waals surface area contributed by atoms with E-state index in [-0.39, 0.29) is 29.7 Å². The molecular weight excluding hydrogens is 465 g/mol. The number of pyridine rings is 1. The largest absolute Gasteiger partial charge is 0.433 e. The molecule has 0 saturated heterocycles. The molecule has 3 N–H and O–H groups in total. The van der Waals surface area contributed by atoms with Crippen molar-refractivity contribution < 1.29 is 22.8 Å². The monoisotopic (exact) mass is 490 g/mol. The quantitative estimate of drug-likeness (QED) is 0.604. The summed E-state index contributed by atoms with van der Waals surface area (Å²) in [6.45, 7) is 2.54. The fraction of sp³-hybridized carbons (Fsp3) is 0.500. The number of aryl methyl sites for hydroxylation is 1. The number of amides is 3. The lowest BCUT2D eigenvalue weighted by Gasteiger charge is -2.42. The molecule has 1 atom stereocenters. The van der Waals surface area contributed by atoms with E-state index in [0.29, 0.717) is 25.3 Å². The van der Waals surface area contributed by atoms with E-state index in [2.05, 4.69) is 30.9 Å². The minimum atomic E-state index is -4.53. The molecule has 0 bridgehead atoms. The van der Waals surface area contributed by atoms with Crippen LogP contribution in [0.2, 0.25) is 0 Å². The van der Waals surface area contributed by atoms with Crippen LogP contribution >= 0.6 is 0 Å². The minimum absolute atomic E-state index is 0.0588. The first kappa shape index (κ1) is 23.1. The highest BCUT2D eigenvalue weighted by atomic mass is 19.4. The molecule has 0 radical (unpaired) electrons. The van der Waals surface area contributed by atoms with E-state index in [1.807, 2.05) is 18.9 Å². The second kappa shape index (κ2) is 8.54. The third kappa shape index (κ3) is 4.42. The van der Waals surface area contributed by atoms with Crippen LogP contribution in [-0.2, 0) is 17.4 Å². The maximum Gasteiger partial charge on any atom is 0.433 e. The number of alkyl halides is 3. The van der Waals surface area contributed by atoms with Gasteiger partial charge >= 0.3 is 12.2 Å². The van der Waals surface area contributed by atoms with Gasteiger partial charge in [-0.15, -0.1) is 0 Å². The number of nitrogens with one attached hydrogen (secondary N) is 3. The molecule has 2 aromatic rings. The van der Waals surface area contributed by atoms with Gasteiger partial charge in [-0.1, -0.05) is 0 Å². The molecule has 4 heterocycles. The lowest BCUT2D eigenvalue weighted by atomic mass is 9.87. The fourth-order valence-corrected chi connectivity index (χ4v) is 4.58. The Bertz CT molecular complexity index is 1150. The number of rotatable bonds is 4. The molecule has 2 aliphatic heterocycles. The van der Waals surface area contributed by atoms with E-state index < -0.39 is 17.9 Å². The van der Waals surface area contributed by atoms with Gasteiger partial charge in [-0.05, 0) is 44.7 Å². The molecule has 0 unspecified atom stereocenters. The summed E-state index contributed by atoms with van der Waals surface area (Å²) in [7, 11) is 1.86. The van der Waals surface area contributed by atoms with Crippen LogP contribution in [-0.4, -0.2) is 58.6 Å². The van der Waals surface area contributed by atoms with E-state index in [1.165, 1.54) is 0 Å². The average molecular weight is 490 g/mol. The van der Waals surface area contributed by atoms with Crippen LogP contribution < -0.4 is 25.8 Å². The highest BCUT2D eigenvalue weighted by molar-refractivity contribution is 6.05. The summed E-state index contributed by atoms with van der Waals surface area (Å²) in [5.41, 5.74) is 0.811. The fourth-order valence-electron chi connectivity index (χ4n) is 4.58. The topological polar surface area (TPSA) is 115 Å². The molecule has 0 spiro atoms. The number of halogens is 3. The summed E-state index contributed by atoms with van der Waals surface area (Å²) in [5, 5.41) is 8.61. The Morgan fingerprint density at radius 2 is 1.94 bits per heavy atom. The van der Waals surface area contributed by atoms with Crippen LogP contribution in [0.3, 0.4) is 0 Å². The van der Waals surface area contributed by atoms with Crippen molar-refractivity contribution in [2.75, 3.05) is 34.0 Å². The summed E-state index contributed by atoms with van der Waals surface area (Å²) in [6, 6.07) is 1.13. The first-order valence-electron chi connectivity index (χ1n) is 11.4. The van der Waals surface area contributed by atoms with E-state index in [9.17, 15) is 22.8 Å². The molecule has 35 heavy (non-hydrogen) atoms.